The maximum absolute atomic E-state index is 10.1. The van der Waals surface area contributed by atoms with E-state index in [4.69, 9.17) is 20.4 Å². The van der Waals surface area contributed by atoms with Gasteiger partial charge in [0.25, 0.3) is 0 Å². The van der Waals surface area contributed by atoms with Crippen molar-refractivity contribution in [2.45, 2.75) is 12.5 Å². The molecule has 17 heavy (non-hydrogen) atoms. The van der Waals surface area contributed by atoms with Crippen LogP contribution in [0.5, 0.6) is 0 Å². The van der Waals surface area contributed by atoms with Gasteiger partial charge in [-0.05, 0) is 0 Å². The number of aliphatic hydroxyl groups excluding tert-OH is 2. The normalized spacial score (nSPS) is 11.2. The van der Waals surface area contributed by atoms with Crippen molar-refractivity contribution in [2.75, 3.05) is 33.5 Å². The molecule has 0 aliphatic heterocycles. The SMILES string of the molecule is COC(CC(=O)O)C(=O)O.OCCOCCO. The Bertz CT molecular complexity index is 201. The Morgan fingerprint density at radius 3 is 1.76 bits per heavy atom. The minimum Gasteiger partial charge on any atom is -0.481 e. The number of carbonyl (C=O) groups is 2. The van der Waals surface area contributed by atoms with Gasteiger partial charge in [0.15, 0.2) is 6.10 Å². The number of carboxylic acids is 2. The summed E-state index contributed by atoms with van der Waals surface area (Å²) in [6.45, 7) is 0.696. The zero-order valence-electron chi connectivity index (χ0n) is 9.53. The molecule has 0 aromatic rings. The van der Waals surface area contributed by atoms with Crippen LogP contribution in [0.1, 0.15) is 6.42 Å². The van der Waals surface area contributed by atoms with Crippen molar-refractivity contribution >= 4 is 11.9 Å². The second kappa shape index (κ2) is 12.8. The van der Waals surface area contributed by atoms with Crippen LogP contribution in [0.15, 0.2) is 0 Å². The first-order valence-electron chi connectivity index (χ1n) is 4.76. The first-order valence-corrected chi connectivity index (χ1v) is 4.76. The van der Waals surface area contributed by atoms with E-state index < -0.39 is 24.5 Å². The highest BCUT2D eigenvalue weighted by atomic mass is 16.5. The average molecular weight is 254 g/mol. The van der Waals surface area contributed by atoms with Crippen LogP contribution < -0.4 is 0 Å². The quantitative estimate of drug-likeness (QED) is 0.386. The van der Waals surface area contributed by atoms with E-state index in [2.05, 4.69) is 9.47 Å². The zero-order chi connectivity index (χ0) is 13.7. The number of rotatable bonds is 8. The molecule has 4 N–H and O–H groups in total. The Kier molecular flexibility index (Phi) is 13.7. The van der Waals surface area contributed by atoms with Crippen LogP contribution in [0.4, 0.5) is 0 Å². The second-order valence-electron chi connectivity index (χ2n) is 2.72. The van der Waals surface area contributed by atoms with Gasteiger partial charge in [-0.2, -0.15) is 0 Å². The number of aliphatic hydroxyl groups is 2. The lowest BCUT2D eigenvalue weighted by molar-refractivity contribution is -0.154. The van der Waals surface area contributed by atoms with E-state index in [0.717, 1.165) is 7.11 Å². The summed E-state index contributed by atoms with van der Waals surface area (Å²) in [4.78, 5) is 20.0. The molecule has 0 fully saturated rings. The van der Waals surface area contributed by atoms with E-state index in [0.29, 0.717) is 13.2 Å². The van der Waals surface area contributed by atoms with Gasteiger partial charge in [0.2, 0.25) is 0 Å². The molecule has 8 nitrogen and oxygen atoms in total. The highest BCUT2D eigenvalue weighted by Crippen LogP contribution is 1.95. The maximum Gasteiger partial charge on any atom is 0.333 e. The summed E-state index contributed by atoms with van der Waals surface area (Å²) in [5.41, 5.74) is 0. The van der Waals surface area contributed by atoms with E-state index in [1.165, 1.54) is 0 Å². The van der Waals surface area contributed by atoms with Gasteiger partial charge < -0.3 is 29.9 Å². The molecule has 0 saturated carbocycles. The smallest absolute Gasteiger partial charge is 0.333 e. The van der Waals surface area contributed by atoms with Gasteiger partial charge in [-0.1, -0.05) is 0 Å². The van der Waals surface area contributed by atoms with Gasteiger partial charge in [0.1, 0.15) is 0 Å². The third-order valence-corrected chi connectivity index (χ3v) is 1.39. The molecular formula is C9H18O8. The van der Waals surface area contributed by atoms with Crippen molar-refractivity contribution in [2.24, 2.45) is 0 Å². The topological polar surface area (TPSA) is 134 Å². The van der Waals surface area contributed by atoms with E-state index in [9.17, 15) is 9.59 Å². The van der Waals surface area contributed by atoms with Crippen molar-refractivity contribution < 1.29 is 39.5 Å². The number of hydrogen-bond acceptors (Lipinski definition) is 6. The lowest BCUT2D eigenvalue weighted by atomic mass is 10.2. The molecule has 0 bridgehead atoms. The number of methoxy groups -OCH3 is 1. The molecule has 0 aromatic heterocycles. The highest BCUT2D eigenvalue weighted by molar-refractivity contribution is 5.79. The minimum absolute atomic E-state index is 0.0278. The molecule has 0 radical (unpaired) electrons. The molecule has 0 spiro atoms. The fourth-order valence-corrected chi connectivity index (χ4v) is 0.661. The van der Waals surface area contributed by atoms with Crippen LogP contribution in [0, 0.1) is 0 Å². The number of ether oxygens (including phenoxy) is 2. The van der Waals surface area contributed by atoms with Crippen LogP contribution in [0.2, 0.25) is 0 Å². The third kappa shape index (κ3) is 14.8. The Labute approximate surface area is 98.4 Å². The number of aliphatic carboxylic acids is 2. The summed E-state index contributed by atoms with van der Waals surface area (Å²) in [6.07, 6.45) is -1.75. The van der Waals surface area contributed by atoms with Gasteiger partial charge >= 0.3 is 11.9 Å². The van der Waals surface area contributed by atoms with Crippen molar-refractivity contribution in [1.82, 2.24) is 0 Å². The first kappa shape index (κ1) is 18.2. The summed E-state index contributed by atoms with van der Waals surface area (Å²) < 4.78 is 8.97. The van der Waals surface area contributed by atoms with Crippen LogP contribution in [0.25, 0.3) is 0 Å². The van der Waals surface area contributed by atoms with E-state index in [-0.39, 0.29) is 13.2 Å². The second-order valence-corrected chi connectivity index (χ2v) is 2.72. The van der Waals surface area contributed by atoms with Gasteiger partial charge in [0, 0.05) is 7.11 Å². The average Bonchev–Trinajstić information content (AvgIpc) is 2.27. The number of carboxylic acid groups (broad SMARTS) is 2. The van der Waals surface area contributed by atoms with Crippen molar-refractivity contribution in [3.05, 3.63) is 0 Å². The lowest BCUT2D eigenvalue weighted by Crippen LogP contribution is -2.25. The minimum atomic E-state index is -1.26. The number of hydrogen-bond donors (Lipinski definition) is 4. The van der Waals surface area contributed by atoms with Gasteiger partial charge in [-0.25, -0.2) is 4.79 Å². The maximum atomic E-state index is 10.1. The van der Waals surface area contributed by atoms with E-state index in [1.54, 1.807) is 0 Å². The molecule has 0 aliphatic carbocycles. The largest absolute Gasteiger partial charge is 0.481 e. The Morgan fingerprint density at radius 1 is 1.12 bits per heavy atom. The summed E-state index contributed by atoms with van der Waals surface area (Å²) in [5, 5.41) is 32.5. The first-order chi connectivity index (χ1) is 7.99. The fourth-order valence-electron chi connectivity index (χ4n) is 0.661. The molecule has 0 saturated heterocycles. The lowest BCUT2D eigenvalue weighted by Gasteiger charge is -2.05. The van der Waals surface area contributed by atoms with Gasteiger partial charge in [-0.15, -0.1) is 0 Å². The standard InChI is InChI=1S/C5H8O5.C4H10O3/c1-10-3(5(8)9)2-4(6)7;5-1-3-7-4-2-6/h3H,2H2,1H3,(H,6,7)(H,8,9);5-6H,1-4H2. The van der Waals surface area contributed by atoms with E-state index >= 15 is 0 Å². The predicted molar refractivity (Wildman–Crippen MR) is 55.7 cm³/mol. The zero-order valence-corrected chi connectivity index (χ0v) is 9.53. The van der Waals surface area contributed by atoms with Crippen LogP contribution in [0.3, 0.4) is 0 Å². The van der Waals surface area contributed by atoms with Crippen molar-refractivity contribution in [3.63, 3.8) is 0 Å². The van der Waals surface area contributed by atoms with E-state index in [1.807, 2.05) is 0 Å². The molecule has 8 heteroatoms. The van der Waals surface area contributed by atoms with Crippen LogP contribution in [-0.4, -0.2) is 72.0 Å². The Balaban J connectivity index is 0. The Hall–Kier alpha value is -1.22. The summed E-state index contributed by atoms with van der Waals surface area (Å²) >= 11 is 0. The molecule has 1 unspecified atom stereocenters. The van der Waals surface area contributed by atoms with Gasteiger partial charge in [0.05, 0.1) is 32.8 Å². The predicted octanol–water partition coefficient (Wildman–Crippen LogP) is -1.45. The fraction of sp³-hybridized carbons (Fsp3) is 0.778. The van der Waals surface area contributed by atoms with Crippen molar-refractivity contribution in [3.8, 4) is 0 Å². The van der Waals surface area contributed by atoms with Gasteiger partial charge in [-0.3, -0.25) is 4.79 Å². The summed E-state index contributed by atoms with van der Waals surface area (Å²) in [5.74, 6) is -2.45. The molecule has 1 atom stereocenters. The van der Waals surface area contributed by atoms with Crippen LogP contribution in [-0.2, 0) is 19.1 Å². The molecule has 0 aliphatic rings. The molecule has 0 heterocycles. The molecule has 102 valence electrons. The molecule has 0 aromatic carbocycles. The highest BCUT2D eigenvalue weighted by Gasteiger charge is 2.19. The summed E-state index contributed by atoms with van der Waals surface area (Å²) in [7, 11) is 1.15. The Morgan fingerprint density at radius 2 is 1.59 bits per heavy atom. The van der Waals surface area contributed by atoms with Crippen LogP contribution >= 0.6 is 0 Å². The molecule has 0 amide bonds. The molecule has 0 rings (SSSR count). The third-order valence-electron chi connectivity index (χ3n) is 1.39. The summed E-state index contributed by atoms with van der Waals surface area (Å²) in [6, 6.07) is 0. The molecular weight excluding hydrogens is 236 g/mol. The van der Waals surface area contributed by atoms with Crippen molar-refractivity contribution in [1.29, 1.82) is 0 Å². The monoisotopic (exact) mass is 254 g/mol.